The summed E-state index contributed by atoms with van der Waals surface area (Å²) in [6.07, 6.45) is 0.550. The molecular weight excluding hydrogens is 238 g/mol. The van der Waals surface area contributed by atoms with Gasteiger partial charge in [0, 0.05) is 12.3 Å². The number of rotatable bonds is 3. The number of hydrogen-bond donors (Lipinski definition) is 2. The number of amides is 1. The standard InChI is InChI=1S/C15H21N3O/c1-9(14(16)19)7-13-17-11-6-5-10(15(2,3)4)8-12(11)18-13/h5-6,8-9H,7H2,1-4H3,(H2,16,19)(H,17,18). The van der Waals surface area contributed by atoms with Crippen molar-refractivity contribution in [1.29, 1.82) is 0 Å². The van der Waals surface area contributed by atoms with Gasteiger partial charge in [-0.1, -0.05) is 33.8 Å². The van der Waals surface area contributed by atoms with Gasteiger partial charge in [0.25, 0.3) is 0 Å². The first-order chi connectivity index (χ1) is 8.77. The van der Waals surface area contributed by atoms with E-state index in [0.29, 0.717) is 6.42 Å². The number of primary amides is 1. The van der Waals surface area contributed by atoms with Crippen molar-refractivity contribution in [2.45, 2.75) is 39.5 Å². The number of nitrogens with two attached hydrogens (primary N) is 1. The minimum Gasteiger partial charge on any atom is -0.369 e. The molecule has 2 aromatic rings. The number of nitrogens with zero attached hydrogens (tertiary/aromatic N) is 1. The van der Waals surface area contributed by atoms with Gasteiger partial charge in [0.2, 0.25) is 5.91 Å². The third-order valence-corrected chi connectivity index (χ3v) is 3.38. The maximum atomic E-state index is 11.1. The number of H-pyrrole nitrogens is 1. The van der Waals surface area contributed by atoms with Gasteiger partial charge in [0.1, 0.15) is 5.82 Å². The lowest BCUT2D eigenvalue weighted by molar-refractivity contribution is -0.121. The number of imidazole rings is 1. The van der Waals surface area contributed by atoms with Crippen LogP contribution in [-0.4, -0.2) is 15.9 Å². The Morgan fingerprint density at radius 2 is 2.11 bits per heavy atom. The van der Waals surface area contributed by atoms with Crippen molar-refractivity contribution in [1.82, 2.24) is 9.97 Å². The first-order valence-electron chi connectivity index (χ1n) is 6.56. The molecule has 4 nitrogen and oxygen atoms in total. The summed E-state index contributed by atoms with van der Waals surface area (Å²) in [4.78, 5) is 18.9. The number of aromatic nitrogens is 2. The molecule has 1 amide bonds. The molecule has 0 aliphatic rings. The van der Waals surface area contributed by atoms with Crippen molar-refractivity contribution >= 4 is 16.9 Å². The SMILES string of the molecule is CC(Cc1nc2ccc(C(C)(C)C)cc2[nH]1)C(N)=O. The summed E-state index contributed by atoms with van der Waals surface area (Å²) in [5.74, 6) is 0.311. The lowest BCUT2D eigenvalue weighted by Crippen LogP contribution is -2.22. The first-order valence-corrected chi connectivity index (χ1v) is 6.56. The molecule has 0 spiro atoms. The number of carbonyl (C=O) groups excluding carboxylic acids is 1. The fraction of sp³-hybridized carbons (Fsp3) is 0.467. The molecule has 1 atom stereocenters. The fourth-order valence-corrected chi connectivity index (χ4v) is 2.02. The molecular formula is C15H21N3O. The van der Waals surface area contributed by atoms with Crippen LogP contribution in [0.2, 0.25) is 0 Å². The average molecular weight is 259 g/mol. The molecule has 0 radical (unpaired) electrons. The second kappa shape index (κ2) is 4.68. The van der Waals surface area contributed by atoms with Gasteiger partial charge in [0.05, 0.1) is 11.0 Å². The van der Waals surface area contributed by atoms with Crippen LogP contribution < -0.4 is 5.73 Å². The first kappa shape index (κ1) is 13.6. The maximum absolute atomic E-state index is 11.1. The summed E-state index contributed by atoms with van der Waals surface area (Å²) in [7, 11) is 0. The number of fused-ring (bicyclic) bond motifs is 1. The van der Waals surface area contributed by atoms with Crippen LogP contribution in [0.3, 0.4) is 0 Å². The Hall–Kier alpha value is -1.84. The van der Waals surface area contributed by atoms with Gasteiger partial charge in [-0.25, -0.2) is 4.98 Å². The van der Waals surface area contributed by atoms with Crippen LogP contribution in [0.15, 0.2) is 18.2 Å². The van der Waals surface area contributed by atoms with Gasteiger partial charge in [-0.05, 0) is 23.1 Å². The van der Waals surface area contributed by atoms with E-state index in [2.05, 4.69) is 42.9 Å². The smallest absolute Gasteiger partial charge is 0.220 e. The minimum atomic E-state index is -0.296. The van der Waals surface area contributed by atoms with E-state index in [0.717, 1.165) is 16.9 Å². The van der Waals surface area contributed by atoms with Gasteiger partial charge >= 0.3 is 0 Å². The van der Waals surface area contributed by atoms with Crippen LogP contribution in [0, 0.1) is 5.92 Å². The van der Waals surface area contributed by atoms with Crippen LogP contribution in [-0.2, 0) is 16.6 Å². The average Bonchev–Trinajstić information content (AvgIpc) is 2.68. The molecule has 1 heterocycles. The molecule has 19 heavy (non-hydrogen) atoms. The van der Waals surface area contributed by atoms with Crippen LogP contribution in [0.5, 0.6) is 0 Å². The third-order valence-electron chi connectivity index (χ3n) is 3.38. The molecule has 2 rings (SSSR count). The second-order valence-electron chi connectivity index (χ2n) is 6.17. The summed E-state index contributed by atoms with van der Waals surface area (Å²) in [5, 5.41) is 0. The molecule has 0 aliphatic carbocycles. The van der Waals surface area contributed by atoms with Crippen LogP contribution >= 0.6 is 0 Å². The zero-order chi connectivity index (χ0) is 14.2. The van der Waals surface area contributed by atoms with Crippen LogP contribution in [0.4, 0.5) is 0 Å². The van der Waals surface area contributed by atoms with Crippen LogP contribution in [0.25, 0.3) is 11.0 Å². The maximum Gasteiger partial charge on any atom is 0.220 e. The van der Waals surface area contributed by atoms with E-state index in [1.807, 2.05) is 13.0 Å². The summed E-state index contributed by atoms with van der Waals surface area (Å²) in [5.41, 5.74) is 8.60. The predicted octanol–water partition coefficient (Wildman–Crippen LogP) is 2.52. The van der Waals surface area contributed by atoms with E-state index in [9.17, 15) is 4.79 Å². The van der Waals surface area contributed by atoms with E-state index in [-0.39, 0.29) is 17.2 Å². The van der Waals surface area contributed by atoms with Crippen molar-refractivity contribution < 1.29 is 4.79 Å². The highest BCUT2D eigenvalue weighted by atomic mass is 16.1. The summed E-state index contributed by atoms with van der Waals surface area (Å²) >= 11 is 0. The molecule has 0 saturated carbocycles. The molecule has 4 heteroatoms. The van der Waals surface area contributed by atoms with E-state index in [4.69, 9.17) is 5.73 Å². The van der Waals surface area contributed by atoms with E-state index < -0.39 is 0 Å². The molecule has 1 aromatic heterocycles. The Labute approximate surface area is 113 Å². The molecule has 1 aromatic carbocycles. The zero-order valence-corrected chi connectivity index (χ0v) is 11.9. The lowest BCUT2D eigenvalue weighted by Gasteiger charge is -2.18. The quantitative estimate of drug-likeness (QED) is 0.889. The number of carbonyl (C=O) groups is 1. The van der Waals surface area contributed by atoms with Gasteiger partial charge in [0.15, 0.2) is 0 Å². The van der Waals surface area contributed by atoms with Gasteiger partial charge in [-0.15, -0.1) is 0 Å². The Kier molecular flexibility index (Phi) is 3.35. The van der Waals surface area contributed by atoms with Gasteiger partial charge < -0.3 is 10.7 Å². The summed E-state index contributed by atoms with van der Waals surface area (Å²) in [6, 6.07) is 6.25. The van der Waals surface area contributed by atoms with Crippen molar-refractivity contribution in [2.75, 3.05) is 0 Å². The normalized spacial score (nSPS) is 13.7. The minimum absolute atomic E-state index is 0.111. The summed E-state index contributed by atoms with van der Waals surface area (Å²) < 4.78 is 0. The number of benzene rings is 1. The number of aromatic amines is 1. The van der Waals surface area contributed by atoms with E-state index >= 15 is 0 Å². The molecule has 1 unspecified atom stereocenters. The fourth-order valence-electron chi connectivity index (χ4n) is 2.02. The van der Waals surface area contributed by atoms with E-state index in [1.54, 1.807) is 0 Å². The second-order valence-corrected chi connectivity index (χ2v) is 6.17. The number of nitrogens with one attached hydrogen (secondary N) is 1. The van der Waals surface area contributed by atoms with Gasteiger partial charge in [-0.3, -0.25) is 4.79 Å². The van der Waals surface area contributed by atoms with Crippen molar-refractivity contribution in [2.24, 2.45) is 11.7 Å². The summed E-state index contributed by atoms with van der Waals surface area (Å²) in [6.45, 7) is 8.36. The van der Waals surface area contributed by atoms with E-state index in [1.165, 1.54) is 5.56 Å². The largest absolute Gasteiger partial charge is 0.369 e. The van der Waals surface area contributed by atoms with Crippen molar-refractivity contribution in [3.05, 3.63) is 29.6 Å². The zero-order valence-electron chi connectivity index (χ0n) is 11.9. The highest BCUT2D eigenvalue weighted by Gasteiger charge is 2.16. The molecule has 0 saturated heterocycles. The Morgan fingerprint density at radius 3 is 2.68 bits per heavy atom. The monoisotopic (exact) mass is 259 g/mol. The predicted molar refractivity (Wildman–Crippen MR) is 76.9 cm³/mol. The number of hydrogen-bond acceptors (Lipinski definition) is 2. The highest BCUT2D eigenvalue weighted by molar-refractivity contribution is 5.78. The lowest BCUT2D eigenvalue weighted by atomic mass is 9.87. The molecule has 3 N–H and O–H groups in total. The highest BCUT2D eigenvalue weighted by Crippen LogP contribution is 2.25. The topological polar surface area (TPSA) is 71.8 Å². The molecule has 0 fully saturated rings. The van der Waals surface area contributed by atoms with Crippen LogP contribution in [0.1, 0.15) is 39.1 Å². The molecule has 0 aliphatic heterocycles. The Morgan fingerprint density at radius 1 is 1.42 bits per heavy atom. The Balaban J connectivity index is 2.33. The molecule has 0 bridgehead atoms. The van der Waals surface area contributed by atoms with Crippen molar-refractivity contribution in [3.63, 3.8) is 0 Å². The third kappa shape index (κ3) is 2.95. The Bertz CT molecular complexity index is 607. The van der Waals surface area contributed by atoms with Crippen molar-refractivity contribution in [3.8, 4) is 0 Å². The molecule has 102 valence electrons. The van der Waals surface area contributed by atoms with Gasteiger partial charge in [-0.2, -0.15) is 0 Å².